The van der Waals surface area contributed by atoms with Crippen LogP contribution in [-0.2, 0) is 0 Å². The van der Waals surface area contributed by atoms with Gasteiger partial charge in [-0.3, -0.25) is 4.57 Å². The van der Waals surface area contributed by atoms with E-state index in [-0.39, 0.29) is 0 Å². The van der Waals surface area contributed by atoms with Crippen LogP contribution in [-0.4, -0.2) is 23.7 Å². The van der Waals surface area contributed by atoms with Crippen LogP contribution in [0.3, 0.4) is 0 Å². The number of aromatic nitrogens is 5. The van der Waals surface area contributed by atoms with Crippen molar-refractivity contribution in [3.05, 3.63) is 200 Å². The third-order valence-corrected chi connectivity index (χ3v) is 12.2. The molecule has 0 unspecified atom stereocenters. The average Bonchev–Trinajstić information content (AvgIpc) is 3.94. The van der Waals surface area contributed by atoms with Crippen LogP contribution in [0.1, 0.15) is 0 Å². The van der Waals surface area contributed by atoms with Crippen molar-refractivity contribution >= 4 is 87.1 Å². The van der Waals surface area contributed by atoms with Crippen molar-refractivity contribution in [2.45, 2.75) is 0 Å². The second-order valence-corrected chi connectivity index (χ2v) is 15.4. The SMILES string of the molecule is c1ccc(-c2nc(-n3c4ccccc4c4ccc(-n5c6ccccc6c6c7c8ccccc8n(-c8cccc9ccccc89)c7ccc65)cc43)nc3ccccc23)cc1. The molecule has 274 valence electrons. The second kappa shape index (κ2) is 12.2. The Morgan fingerprint density at radius 3 is 1.64 bits per heavy atom. The van der Waals surface area contributed by atoms with E-state index in [1.54, 1.807) is 0 Å². The summed E-state index contributed by atoms with van der Waals surface area (Å²) in [5, 5.41) is 10.8. The second-order valence-electron chi connectivity index (χ2n) is 15.4. The van der Waals surface area contributed by atoms with Crippen molar-refractivity contribution in [1.82, 2.24) is 23.7 Å². The maximum absolute atomic E-state index is 5.36. The van der Waals surface area contributed by atoms with Gasteiger partial charge in [-0.2, -0.15) is 0 Å². The van der Waals surface area contributed by atoms with Gasteiger partial charge in [0.2, 0.25) is 5.95 Å². The van der Waals surface area contributed by atoms with Crippen molar-refractivity contribution in [1.29, 1.82) is 0 Å². The number of hydrogen-bond donors (Lipinski definition) is 0. The van der Waals surface area contributed by atoms with Crippen molar-refractivity contribution in [3.63, 3.8) is 0 Å². The lowest BCUT2D eigenvalue weighted by atomic mass is 10.1. The topological polar surface area (TPSA) is 40.6 Å². The van der Waals surface area contributed by atoms with Crippen molar-refractivity contribution in [3.8, 4) is 28.6 Å². The summed E-state index contributed by atoms with van der Waals surface area (Å²) in [6.07, 6.45) is 0. The van der Waals surface area contributed by atoms with Gasteiger partial charge in [0.25, 0.3) is 0 Å². The quantitative estimate of drug-likeness (QED) is 0.180. The molecule has 13 aromatic rings. The number of rotatable bonds is 4. The lowest BCUT2D eigenvalue weighted by Crippen LogP contribution is -2.04. The molecule has 0 aliphatic heterocycles. The zero-order chi connectivity index (χ0) is 38.6. The first kappa shape index (κ1) is 32.1. The van der Waals surface area contributed by atoms with E-state index in [0.717, 1.165) is 60.7 Å². The summed E-state index contributed by atoms with van der Waals surface area (Å²) in [5.41, 5.74) is 12.0. The Bertz CT molecular complexity index is 3840. The molecule has 0 bridgehead atoms. The van der Waals surface area contributed by atoms with Gasteiger partial charge < -0.3 is 9.13 Å². The number of fused-ring (bicyclic) bond motifs is 12. The van der Waals surface area contributed by atoms with Crippen LogP contribution in [0.25, 0.3) is 116 Å². The van der Waals surface area contributed by atoms with Crippen LogP contribution in [0.4, 0.5) is 0 Å². The highest BCUT2D eigenvalue weighted by Crippen LogP contribution is 2.44. The number of benzene rings is 9. The molecule has 4 heterocycles. The molecule has 4 aromatic heterocycles. The zero-order valence-corrected chi connectivity index (χ0v) is 31.8. The fourth-order valence-electron chi connectivity index (χ4n) is 9.75. The minimum atomic E-state index is 0.649. The Balaban J connectivity index is 1.11. The maximum atomic E-state index is 5.36. The van der Waals surface area contributed by atoms with E-state index in [9.17, 15) is 0 Å². The Kier molecular flexibility index (Phi) is 6.66. The molecular formula is C54H33N5. The lowest BCUT2D eigenvalue weighted by Gasteiger charge is -2.13. The van der Waals surface area contributed by atoms with Crippen LogP contribution in [0, 0.1) is 0 Å². The third-order valence-electron chi connectivity index (χ3n) is 12.2. The summed E-state index contributed by atoms with van der Waals surface area (Å²) in [4.78, 5) is 10.6. The number of nitrogens with zero attached hydrogens (tertiary/aromatic N) is 5. The summed E-state index contributed by atoms with van der Waals surface area (Å²) < 4.78 is 7.14. The van der Waals surface area contributed by atoms with Crippen LogP contribution in [0.2, 0.25) is 0 Å². The first-order chi connectivity index (χ1) is 29.3. The molecule has 0 fully saturated rings. The molecule has 0 N–H and O–H groups in total. The number of para-hydroxylation sites is 4. The predicted octanol–water partition coefficient (Wildman–Crippen LogP) is 13.7. The predicted molar refractivity (Wildman–Crippen MR) is 245 cm³/mol. The fraction of sp³-hybridized carbons (Fsp3) is 0. The summed E-state index contributed by atoms with van der Waals surface area (Å²) >= 11 is 0. The standard InChI is InChI=1S/C54H33N5/c1-2-16-35(17-3-1)53-40-21-6-10-24-43(40)55-54(56-53)59-45-25-11-7-20-38(45)39-30-29-36(33-50(39)59)57-46-26-12-8-22-41(46)51-48(57)31-32-49-52(51)42-23-9-13-27-47(42)58(49)44-28-14-18-34-15-4-5-19-37(34)44/h1-33H. The van der Waals surface area contributed by atoms with Gasteiger partial charge in [-0.1, -0.05) is 146 Å². The van der Waals surface area contributed by atoms with Gasteiger partial charge >= 0.3 is 0 Å². The monoisotopic (exact) mass is 751 g/mol. The molecule has 0 saturated heterocycles. The van der Waals surface area contributed by atoms with Crippen molar-refractivity contribution in [2.24, 2.45) is 0 Å². The first-order valence-corrected chi connectivity index (χ1v) is 20.1. The molecule has 5 nitrogen and oxygen atoms in total. The molecular weight excluding hydrogens is 719 g/mol. The lowest BCUT2D eigenvalue weighted by molar-refractivity contribution is 1.01. The van der Waals surface area contributed by atoms with Gasteiger partial charge in [-0.15, -0.1) is 0 Å². The van der Waals surface area contributed by atoms with Gasteiger partial charge in [-0.05, 0) is 60.0 Å². The average molecular weight is 752 g/mol. The van der Waals surface area contributed by atoms with Crippen LogP contribution in [0.5, 0.6) is 0 Å². The fourth-order valence-corrected chi connectivity index (χ4v) is 9.75. The van der Waals surface area contributed by atoms with E-state index in [2.05, 4.69) is 208 Å². The Labute approximate surface area is 338 Å². The van der Waals surface area contributed by atoms with Crippen molar-refractivity contribution in [2.75, 3.05) is 0 Å². The molecule has 9 aromatic carbocycles. The molecule has 0 aliphatic carbocycles. The highest BCUT2D eigenvalue weighted by molar-refractivity contribution is 6.29. The van der Waals surface area contributed by atoms with E-state index < -0.39 is 0 Å². The minimum Gasteiger partial charge on any atom is -0.309 e. The highest BCUT2D eigenvalue weighted by Gasteiger charge is 2.23. The maximum Gasteiger partial charge on any atom is 0.235 e. The highest BCUT2D eigenvalue weighted by atomic mass is 15.2. The molecule has 0 saturated carbocycles. The van der Waals surface area contributed by atoms with Crippen LogP contribution in [0.15, 0.2) is 200 Å². The van der Waals surface area contributed by atoms with Gasteiger partial charge in [0.1, 0.15) is 0 Å². The molecule has 5 heteroatoms. The van der Waals surface area contributed by atoms with Crippen molar-refractivity contribution < 1.29 is 0 Å². The molecule has 59 heavy (non-hydrogen) atoms. The summed E-state index contributed by atoms with van der Waals surface area (Å²) in [6, 6.07) is 71.8. The molecule has 0 spiro atoms. The largest absolute Gasteiger partial charge is 0.309 e. The molecule has 0 atom stereocenters. The van der Waals surface area contributed by atoms with Crippen LogP contribution >= 0.6 is 0 Å². The van der Waals surface area contributed by atoms with E-state index in [1.807, 2.05) is 6.07 Å². The van der Waals surface area contributed by atoms with Gasteiger partial charge in [0.05, 0.1) is 50.0 Å². The Hall–Kier alpha value is -8.02. The summed E-state index contributed by atoms with van der Waals surface area (Å²) in [6.45, 7) is 0. The Morgan fingerprint density at radius 2 is 0.881 bits per heavy atom. The van der Waals surface area contributed by atoms with Crippen LogP contribution < -0.4 is 0 Å². The molecule has 0 radical (unpaired) electrons. The summed E-state index contributed by atoms with van der Waals surface area (Å²) in [7, 11) is 0. The van der Waals surface area contributed by atoms with E-state index in [0.29, 0.717) is 5.95 Å². The van der Waals surface area contributed by atoms with E-state index in [1.165, 1.54) is 49.0 Å². The van der Waals surface area contributed by atoms with E-state index >= 15 is 0 Å². The smallest absolute Gasteiger partial charge is 0.235 e. The first-order valence-electron chi connectivity index (χ1n) is 20.1. The zero-order valence-electron chi connectivity index (χ0n) is 31.8. The van der Waals surface area contributed by atoms with Gasteiger partial charge in [-0.25, -0.2) is 9.97 Å². The van der Waals surface area contributed by atoms with Gasteiger partial charge in [0, 0.05) is 54.3 Å². The van der Waals surface area contributed by atoms with E-state index in [4.69, 9.17) is 9.97 Å². The Morgan fingerprint density at radius 1 is 0.322 bits per heavy atom. The molecule has 0 aliphatic rings. The third kappa shape index (κ3) is 4.55. The molecule has 13 rings (SSSR count). The summed E-state index contributed by atoms with van der Waals surface area (Å²) in [5.74, 6) is 0.649. The minimum absolute atomic E-state index is 0.649. The normalized spacial score (nSPS) is 12.1. The number of hydrogen-bond acceptors (Lipinski definition) is 2. The molecule has 0 amide bonds. The van der Waals surface area contributed by atoms with Gasteiger partial charge in [0.15, 0.2) is 0 Å².